The van der Waals surface area contributed by atoms with Gasteiger partial charge in [0.1, 0.15) is 12.8 Å². The van der Waals surface area contributed by atoms with E-state index in [1.165, 1.54) is 32.1 Å². The Kier molecular flexibility index (Phi) is 5.60. The average Bonchev–Trinajstić information content (AvgIpc) is 3.03. The van der Waals surface area contributed by atoms with Gasteiger partial charge in [0.15, 0.2) is 16.9 Å². The standard InChI is InChI=1S/C24H27ClN2OS/c1-5-13-27(6-2)22-16-19(28-4)8-10-23(22)29-24(27)14-17-11-12-26(3)21-9-7-18(25)15-20(17)21/h7-12,14-16H,5-6,13H2,1-4H3/q+2/b24-14-. The molecule has 29 heavy (non-hydrogen) atoms. The molecule has 4 rings (SSSR count). The number of methoxy groups -OCH3 is 1. The van der Waals surface area contributed by atoms with Gasteiger partial charge in [-0.2, -0.15) is 0 Å². The van der Waals surface area contributed by atoms with Crippen molar-refractivity contribution in [3.8, 4) is 5.75 Å². The number of quaternary nitrogens is 1. The number of ether oxygens (including phenoxy) is 1. The molecule has 1 unspecified atom stereocenters. The number of thioether (sulfide) groups is 1. The molecule has 1 aliphatic heterocycles. The highest BCUT2D eigenvalue weighted by atomic mass is 35.5. The number of pyridine rings is 1. The Morgan fingerprint density at radius 1 is 1.14 bits per heavy atom. The van der Waals surface area contributed by atoms with Crippen LogP contribution in [0, 0.1) is 0 Å². The molecule has 3 nitrogen and oxygen atoms in total. The van der Waals surface area contributed by atoms with Gasteiger partial charge in [-0.1, -0.05) is 18.5 Å². The Balaban J connectivity index is 1.92. The van der Waals surface area contributed by atoms with Crippen molar-refractivity contribution in [2.24, 2.45) is 7.05 Å². The average molecular weight is 427 g/mol. The van der Waals surface area contributed by atoms with Crippen LogP contribution in [-0.2, 0) is 7.05 Å². The summed E-state index contributed by atoms with van der Waals surface area (Å²) in [5.74, 6) is 0.918. The summed E-state index contributed by atoms with van der Waals surface area (Å²) >= 11 is 8.22. The molecule has 0 N–H and O–H groups in total. The van der Waals surface area contributed by atoms with Crippen LogP contribution in [0.4, 0.5) is 5.69 Å². The van der Waals surface area contributed by atoms with Crippen LogP contribution >= 0.6 is 23.4 Å². The summed E-state index contributed by atoms with van der Waals surface area (Å²) < 4.78 is 8.54. The van der Waals surface area contributed by atoms with E-state index < -0.39 is 0 Å². The van der Waals surface area contributed by atoms with Crippen molar-refractivity contribution in [1.82, 2.24) is 4.48 Å². The third-order valence-corrected chi connectivity index (χ3v) is 7.29. The molecule has 0 bridgehead atoms. The van der Waals surface area contributed by atoms with Gasteiger partial charge in [0, 0.05) is 34.9 Å². The minimum absolute atomic E-state index is 0.764. The molecule has 0 saturated carbocycles. The molecule has 2 aromatic carbocycles. The first-order valence-electron chi connectivity index (χ1n) is 10.1. The largest absolute Gasteiger partial charge is 0.497 e. The predicted molar refractivity (Wildman–Crippen MR) is 124 cm³/mol. The summed E-state index contributed by atoms with van der Waals surface area (Å²) in [4.78, 5) is 1.32. The molecule has 1 atom stereocenters. The van der Waals surface area contributed by atoms with Crippen molar-refractivity contribution in [3.63, 3.8) is 0 Å². The molecule has 5 heteroatoms. The minimum atomic E-state index is 0.764. The lowest BCUT2D eigenvalue weighted by Crippen LogP contribution is -2.45. The summed E-state index contributed by atoms with van der Waals surface area (Å²) in [5.41, 5.74) is 3.72. The molecule has 0 radical (unpaired) electrons. The van der Waals surface area contributed by atoms with Gasteiger partial charge in [-0.05, 0) is 49.4 Å². The number of aryl methyl sites for hydroxylation is 1. The van der Waals surface area contributed by atoms with E-state index in [-0.39, 0.29) is 0 Å². The molecule has 2 heterocycles. The molecule has 0 spiro atoms. The van der Waals surface area contributed by atoms with Crippen LogP contribution in [0.1, 0.15) is 25.8 Å². The van der Waals surface area contributed by atoms with Crippen LogP contribution in [0.15, 0.2) is 58.6 Å². The molecule has 150 valence electrons. The quantitative estimate of drug-likeness (QED) is 0.357. The Bertz CT molecular complexity index is 1110. The monoisotopic (exact) mass is 426 g/mol. The lowest BCUT2D eigenvalue weighted by molar-refractivity contribution is -0.644. The molecule has 1 aromatic heterocycles. The number of rotatable bonds is 5. The van der Waals surface area contributed by atoms with E-state index in [0.29, 0.717) is 0 Å². The van der Waals surface area contributed by atoms with E-state index in [4.69, 9.17) is 16.3 Å². The molecular formula is C24H27ClN2OS+2. The number of hydrogen-bond donors (Lipinski definition) is 0. The first-order valence-corrected chi connectivity index (χ1v) is 11.3. The highest BCUT2D eigenvalue weighted by molar-refractivity contribution is 8.03. The summed E-state index contributed by atoms with van der Waals surface area (Å²) in [6, 6.07) is 14.8. The first-order chi connectivity index (χ1) is 14.0. The van der Waals surface area contributed by atoms with Crippen LogP contribution in [-0.4, -0.2) is 20.2 Å². The van der Waals surface area contributed by atoms with E-state index in [1.54, 1.807) is 7.11 Å². The van der Waals surface area contributed by atoms with E-state index in [2.05, 4.69) is 74.1 Å². The van der Waals surface area contributed by atoms with Gasteiger partial charge in [-0.3, -0.25) is 4.48 Å². The third-order valence-electron chi connectivity index (χ3n) is 5.82. The Morgan fingerprint density at radius 2 is 1.97 bits per heavy atom. The van der Waals surface area contributed by atoms with Gasteiger partial charge in [0.2, 0.25) is 5.52 Å². The fourth-order valence-electron chi connectivity index (χ4n) is 4.28. The molecule has 0 fully saturated rings. The first kappa shape index (κ1) is 20.3. The van der Waals surface area contributed by atoms with Gasteiger partial charge < -0.3 is 4.74 Å². The fraction of sp³-hybridized carbons (Fsp3) is 0.292. The SMILES string of the molecule is CCC[N+]1(CC)/C(=C/c2cc[n+](C)c3ccc(Cl)cc23)Sc2ccc(OC)cc21. The van der Waals surface area contributed by atoms with Gasteiger partial charge in [0.25, 0.3) is 0 Å². The smallest absolute Gasteiger partial charge is 0.212 e. The van der Waals surface area contributed by atoms with Crippen LogP contribution in [0.2, 0.25) is 5.02 Å². The molecule has 0 amide bonds. The lowest BCUT2D eigenvalue weighted by atomic mass is 10.1. The topological polar surface area (TPSA) is 13.1 Å². The van der Waals surface area contributed by atoms with E-state index >= 15 is 0 Å². The maximum Gasteiger partial charge on any atom is 0.212 e. The van der Waals surface area contributed by atoms with Crippen LogP contribution < -0.4 is 13.8 Å². The maximum absolute atomic E-state index is 6.35. The van der Waals surface area contributed by atoms with Gasteiger partial charge >= 0.3 is 0 Å². The van der Waals surface area contributed by atoms with Crippen molar-refractivity contribution in [1.29, 1.82) is 0 Å². The van der Waals surface area contributed by atoms with Gasteiger partial charge in [0.05, 0.1) is 30.5 Å². The van der Waals surface area contributed by atoms with Crippen LogP contribution in [0.5, 0.6) is 5.75 Å². The number of benzene rings is 2. The van der Waals surface area contributed by atoms with Crippen molar-refractivity contribution in [2.75, 3.05) is 20.2 Å². The highest BCUT2D eigenvalue weighted by Gasteiger charge is 2.43. The Labute approximate surface area is 182 Å². The fourth-order valence-corrected chi connectivity index (χ4v) is 5.83. The van der Waals surface area contributed by atoms with E-state index in [9.17, 15) is 0 Å². The lowest BCUT2D eigenvalue weighted by Gasteiger charge is -2.33. The zero-order chi connectivity index (χ0) is 20.6. The molecule has 1 aliphatic rings. The Morgan fingerprint density at radius 3 is 2.69 bits per heavy atom. The number of aromatic nitrogens is 1. The second-order valence-electron chi connectivity index (χ2n) is 7.47. The van der Waals surface area contributed by atoms with E-state index in [0.717, 1.165) is 34.8 Å². The van der Waals surface area contributed by atoms with Crippen LogP contribution in [0.25, 0.3) is 17.0 Å². The normalized spacial score (nSPS) is 19.7. The van der Waals surface area contributed by atoms with Gasteiger partial charge in [-0.15, -0.1) is 0 Å². The molecule has 3 aromatic rings. The third kappa shape index (κ3) is 3.43. The van der Waals surface area contributed by atoms with Crippen molar-refractivity contribution < 1.29 is 9.30 Å². The molecular weight excluding hydrogens is 400 g/mol. The number of fused-ring (bicyclic) bond motifs is 2. The molecule has 0 saturated heterocycles. The number of halogens is 1. The summed E-state index contributed by atoms with van der Waals surface area (Å²) in [6.07, 6.45) is 5.59. The second kappa shape index (κ2) is 8.02. The van der Waals surface area contributed by atoms with Gasteiger partial charge in [-0.25, -0.2) is 4.57 Å². The highest BCUT2D eigenvalue weighted by Crippen LogP contribution is 2.53. The second-order valence-corrected chi connectivity index (χ2v) is 8.97. The summed E-state index contributed by atoms with van der Waals surface area (Å²) in [6.45, 7) is 6.60. The maximum atomic E-state index is 6.35. The number of hydrogen-bond acceptors (Lipinski definition) is 2. The summed E-state index contributed by atoms with van der Waals surface area (Å²) in [5, 5.41) is 3.29. The van der Waals surface area contributed by atoms with Crippen molar-refractivity contribution in [3.05, 3.63) is 64.3 Å². The minimum Gasteiger partial charge on any atom is -0.497 e. The number of nitrogens with zero attached hydrogens (tertiary/aromatic N) is 2. The molecule has 0 aliphatic carbocycles. The van der Waals surface area contributed by atoms with E-state index in [1.807, 2.05) is 17.8 Å². The van der Waals surface area contributed by atoms with Crippen LogP contribution in [0.3, 0.4) is 0 Å². The summed E-state index contributed by atoms with van der Waals surface area (Å²) in [7, 11) is 3.81. The van der Waals surface area contributed by atoms with Crippen molar-refractivity contribution in [2.45, 2.75) is 25.2 Å². The Hall–Kier alpha value is -2.01. The zero-order valence-electron chi connectivity index (χ0n) is 17.4. The van der Waals surface area contributed by atoms with Crippen molar-refractivity contribution >= 4 is 46.0 Å². The zero-order valence-corrected chi connectivity index (χ0v) is 19.0. The predicted octanol–water partition coefficient (Wildman–Crippen LogP) is 6.17.